The van der Waals surface area contributed by atoms with Crippen molar-refractivity contribution in [3.05, 3.63) is 5.92 Å². The Labute approximate surface area is 103 Å². The van der Waals surface area contributed by atoms with Crippen LogP contribution >= 0.6 is 0 Å². The maximum absolute atomic E-state index is 2.42. The van der Waals surface area contributed by atoms with E-state index in [4.69, 9.17) is 0 Å². The smallest absolute Gasteiger partial charge is 1.00 e. The van der Waals surface area contributed by atoms with E-state index >= 15 is 0 Å². The monoisotopic (exact) mass is 240 g/mol. The van der Waals surface area contributed by atoms with Crippen LogP contribution in [0.15, 0.2) is 0 Å². The number of hydrogen-bond donors (Lipinski definition) is 0. The molecule has 0 N–H and O–H groups in total. The predicted octanol–water partition coefficient (Wildman–Crippen LogP) is -0.196. The Balaban J connectivity index is 0.000000605. The third-order valence-corrected chi connectivity index (χ3v) is 3.45. The summed E-state index contributed by atoms with van der Waals surface area (Å²) >= 11 is 0. The molecule has 0 nitrogen and oxygen atoms in total. The van der Waals surface area contributed by atoms with Gasteiger partial charge < -0.3 is 22.9 Å². The van der Waals surface area contributed by atoms with Gasteiger partial charge in [-0.3, -0.25) is 0 Å². The summed E-state index contributed by atoms with van der Waals surface area (Å²) in [5.41, 5.74) is 0. The van der Waals surface area contributed by atoms with E-state index in [0.717, 1.165) is 11.8 Å². The Kier molecular flexibility index (Phi) is 6.48. The first-order valence-electron chi connectivity index (χ1n) is 4.71. The summed E-state index contributed by atoms with van der Waals surface area (Å²) in [5.74, 6) is 3.95. The minimum atomic E-state index is 0. The quantitative estimate of drug-likeness (QED) is 0.407. The number of halogens is 1. The van der Waals surface area contributed by atoms with Gasteiger partial charge in [0.05, 0.1) is 0 Å². The second-order valence-corrected chi connectivity index (χ2v) is 4.08. The number of rotatable bonds is 0. The van der Waals surface area contributed by atoms with Crippen molar-refractivity contribution in [2.24, 2.45) is 11.8 Å². The summed E-state index contributed by atoms with van der Waals surface area (Å²) in [6.07, 6.45) is 8.96. The summed E-state index contributed by atoms with van der Waals surface area (Å²) in [6, 6.07) is 0. The molecule has 3 aliphatic carbocycles. The standard InChI is InChI=1S/C10H17.BrH.Mg/c1-8-2-3-9-4-6-10(8)7-5-9;;/h8-9H,2-7H2,1H3;1H;/q-1;;+2/p-1. The molecule has 0 spiro atoms. The van der Waals surface area contributed by atoms with Crippen LogP contribution in [0.5, 0.6) is 0 Å². The summed E-state index contributed by atoms with van der Waals surface area (Å²) in [7, 11) is 0. The van der Waals surface area contributed by atoms with E-state index in [1.165, 1.54) is 38.5 Å². The first-order valence-corrected chi connectivity index (χ1v) is 4.71. The van der Waals surface area contributed by atoms with E-state index in [0.29, 0.717) is 0 Å². The Hall–Kier alpha value is 1.25. The van der Waals surface area contributed by atoms with E-state index in [2.05, 4.69) is 6.92 Å². The zero-order valence-electron chi connectivity index (χ0n) is 7.98. The van der Waals surface area contributed by atoms with Gasteiger partial charge in [-0.15, -0.1) is 0 Å². The van der Waals surface area contributed by atoms with Crippen LogP contribution in [-0.4, -0.2) is 23.1 Å². The van der Waals surface area contributed by atoms with E-state index in [9.17, 15) is 0 Å². The minimum absolute atomic E-state index is 0. The molecule has 3 aliphatic rings. The fraction of sp³-hybridized carbons (Fsp3) is 0.900. The molecule has 3 rings (SSSR count). The van der Waals surface area contributed by atoms with Crippen LogP contribution in [0.2, 0.25) is 0 Å². The van der Waals surface area contributed by atoms with Gasteiger partial charge in [-0.2, -0.15) is 18.8 Å². The molecule has 1 atom stereocenters. The molecule has 3 fully saturated rings. The van der Waals surface area contributed by atoms with Gasteiger partial charge in [0, 0.05) is 0 Å². The molecular weight excluding hydrogens is 224 g/mol. The van der Waals surface area contributed by atoms with Crippen molar-refractivity contribution in [2.45, 2.75) is 45.4 Å². The first-order chi connectivity index (χ1) is 4.86. The van der Waals surface area contributed by atoms with Crippen molar-refractivity contribution >= 4 is 23.1 Å². The molecule has 0 aromatic heterocycles. The molecular formula is C10H17BrMg. The normalized spacial score (nSPS) is 34.8. The fourth-order valence-electron chi connectivity index (χ4n) is 2.52. The van der Waals surface area contributed by atoms with Crippen molar-refractivity contribution < 1.29 is 17.0 Å². The Morgan fingerprint density at radius 3 is 2.17 bits per heavy atom. The summed E-state index contributed by atoms with van der Waals surface area (Å²) in [4.78, 5) is 0. The van der Waals surface area contributed by atoms with Gasteiger partial charge in [0.2, 0.25) is 0 Å². The summed E-state index contributed by atoms with van der Waals surface area (Å²) in [6.45, 7) is 2.42. The Morgan fingerprint density at radius 1 is 1.00 bits per heavy atom. The van der Waals surface area contributed by atoms with Gasteiger partial charge in [-0.1, -0.05) is 32.6 Å². The van der Waals surface area contributed by atoms with Crippen molar-refractivity contribution in [3.8, 4) is 0 Å². The van der Waals surface area contributed by atoms with E-state index < -0.39 is 0 Å². The van der Waals surface area contributed by atoms with Crippen LogP contribution in [0.25, 0.3) is 0 Å². The van der Waals surface area contributed by atoms with Crippen LogP contribution in [-0.2, 0) is 0 Å². The minimum Gasteiger partial charge on any atom is -1.00 e. The molecule has 2 bridgehead atoms. The molecule has 2 heteroatoms. The van der Waals surface area contributed by atoms with Gasteiger partial charge in [-0.25, -0.2) is 0 Å². The Bertz CT molecular complexity index is 119. The van der Waals surface area contributed by atoms with Gasteiger partial charge in [0.1, 0.15) is 0 Å². The summed E-state index contributed by atoms with van der Waals surface area (Å²) in [5, 5.41) is 0. The zero-order chi connectivity index (χ0) is 6.97. The second-order valence-electron chi connectivity index (χ2n) is 4.08. The van der Waals surface area contributed by atoms with E-state index in [1.807, 2.05) is 5.92 Å². The maximum atomic E-state index is 2.42. The topological polar surface area (TPSA) is 0 Å². The van der Waals surface area contributed by atoms with Crippen LogP contribution in [0.3, 0.4) is 0 Å². The van der Waals surface area contributed by atoms with Crippen molar-refractivity contribution in [2.75, 3.05) is 0 Å². The van der Waals surface area contributed by atoms with Crippen LogP contribution < -0.4 is 17.0 Å². The van der Waals surface area contributed by atoms with E-state index in [1.54, 1.807) is 0 Å². The second kappa shape index (κ2) is 5.87. The molecule has 0 amide bonds. The molecule has 0 aromatic rings. The molecule has 0 aromatic carbocycles. The van der Waals surface area contributed by atoms with Gasteiger partial charge in [0.25, 0.3) is 0 Å². The zero-order valence-corrected chi connectivity index (χ0v) is 11.0. The van der Waals surface area contributed by atoms with Gasteiger partial charge >= 0.3 is 23.1 Å². The van der Waals surface area contributed by atoms with E-state index in [-0.39, 0.29) is 40.0 Å². The molecule has 1 unspecified atom stereocenters. The third kappa shape index (κ3) is 2.88. The molecule has 0 radical (unpaired) electrons. The molecule has 0 heterocycles. The average Bonchev–Trinajstić information content (AvgIpc) is 2.24. The van der Waals surface area contributed by atoms with Crippen molar-refractivity contribution in [1.82, 2.24) is 0 Å². The van der Waals surface area contributed by atoms with Crippen molar-refractivity contribution in [1.29, 1.82) is 0 Å². The SMILES string of the molecule is CC1CCC2CC[C-]1CC2.[Br-].[Mg+2]. The first kappa shape index (κ1) is 13.2. The van der Waals surface area contributed by atoms with Gasteiger partial charge in [-0.05, 0) is 5.92 Å². The predicted molar refractivity (Wildman–Crippen MR) is 49.4 cm³/mol. The maximum Gasteiger partial charge on any atom is 2.00 e. The van der Waals surface area contributed by atoms with Crippen molar-refractivity contribution in [3.63, 3.8) is 0 Å². The molecule has 0 aliphatic heterocycles. The van der Waals surface area contributed by atoms with Crippen LogP contribution in [0.4, 0.5) is 0 Å². The Morgan fingerprint density at radius 2 is 1.58 bits per heavy atom. The summed E-state index contributed by atoms with van der Waals surface area (Å²) < 4.78 is 0. The van der Waals surface area contributed by atoms with Gasteiger partial charge in [0.15, 0.2) is 0 Å². The fourth-order valence-corrected chi connectivity index (χ4v) is 2.52. The molecule has 12 heavy (non-hydrogen) atoms. The third-order valence-electron chi connectivity index (χ3n) is 3.45. The molecule has 3 saturated carbocycles. The molecule has 0 saturated heterocycles. The number of fused-ring (bicyclic) bond motifs is 4. The number of hydrogen-bond acceptors (Lipinski definition) is 0. The van der Waals surface area contributed by atoms with Crippen LogP contribution in [0.1, 0.15) is 45.4 Å². The molecule has 66 valence electrons. The van der Waals surface area contributed by atoms with Crippen LogP contribution in [0, 0.1) is 17.8 Å². The average molecular weight is 241 g/mol. The largest absolute Gasteiger partial charge is 2.00 e.